The van der Waals surface area contributed by atoms with E-state index < -0.39 is 10.0 Å². The van der Waals surface area contributed by atoms with E-state index in [4.69, 9.17) is 21.1 Å². The number of piperazine rings is 1. The van der Waals surface area contributed by atoms with Crippen molar-refractivity contribution in [3.63, 3.8) is 0 Å². The lowest BCUT2D eigenvalue weighted by atomic mass is 10.1. The number of amides is 1. The van der Waals surface area contributed by atoms with Gasteiger partial charge in [0.05, 0.1) is 16.5 Å². The largest absolute Gasteiger partial charge is 0.482 e. The van der Waals surface area contributed by atoms with Crippen molar-refractivity contribution in [1.29, 1.82) is 0 Å². The highest BCUT2D eigenvalue weighted by molar-refractivity contribution is 7.89. The summed E-state index contributed by atoms with van der Waals surface area (Å²) in [6.07, 6.45) is 0. The number of nitrogens with one attached hydrogen (secondary N) is 1. The molecule has 2 aromatic rings. The number of hydrogen-bond donors (Lipinski definition) is 1. The Morgan fingerprint density at radius 2 is 1.85 bits per heavy atom. The molecule has 180 valence electrons. The maximum Gasteiger partial charge on any atom is 0.260 e. The number of halogens is 1. The van der Waals surface area contributed by atoms with E-state index in [-0.39, 0.29) is 41.3 Å². The molecular formula is C23H30ClN3O5S. The molecule has 10 heteroatoms. The van der Waals surface area contributed by atoms with Crippen LogP contribution in [0.4, 0.5) is 5.69 Å². The van der Waals surface area contributed by atoms with Gasteiger partial charge in [-0.3, -0.25) is 4.79 Å². The number of hydrogen-bond acceptors (Lipinski definition) is 6. The van der Waals surface area contributed by atoms with E-state index >= 15 is 0 Å². The second-order valence-electron chi connectivity index (χ2n) is 7.86. The minimum Gasteiger partial charge on any atom is -0.482 e. The Labute approximate surface area is 200 Å². The second-order valence-corrected chi connectivity index (χ2v) is 10.0. The Balaban J connectivity index is 1.53. The second kappa shape index (κ2) is 11.2. The third-order valence-corrected chi connectivity index (χ3v) is 7.47. The number of carbonyl (C=O) groups excluding carboxylic acids is 1. The molecule has 0 aliphatic carbocycles. The lowest BCUT2D eigenvalue weighted by molar-refractivity contribution is -0.133. The summed E-state index contributed by atoms with van der Waals surface area (Å²) < 4.78 is 37.4. The molecule has 0 atom stereocenters. The summed E-state index contributed by atoms with van der Waals surface area (Å²) in [6.45, 7) is 7.17. The van der Waals surface area contributed by atoms with E-state index in [1.165, 1.54) is 42.1 Å². The normalized spacial score (nSPS) is 14.4. The van der Waals surface area contributed by atoms with Crippen LogP contribution in [0.15, 0.2) is 41.3 Å². The molecule has 3 rings (SSSR count). The number of nitrogens with zero attached hydrogens (tertiary/aromatic N) is 2. The summed E-state index contributed by atoms with van der Waals surface area (Å²) in [5.74, 6) is 0.125. The number of aryl methyl sites for hydroxylation is 1. The van der Waals surface area contributed by atoms with Crippen molar-refractivity contribution in [2.45, 2.75) is 18.7 Å². The van der Waals surface area contributed by atoms with Gasteiger partial charge in [-0.1, -0.05) is 23.7 Å². The fourth-order valence-electron chi connectivity index (χ4n) is 3.63. The van der Waals surface area contributed by atoms with Gasteiger partial charge in [-0.05, 0) is 49.2 Å². The number of benzene rings is 2. The van der Waals surface area contributed by atoms with Crippen LogP contribution in [-0.2, 0) is 19.6 Å². The molecule has 0 saturated carbocycles. The van der Waals surface area contributed by atoms with Crippen LogP contribution in [0.5, 0.6) is 5.75 Å². The van der Waals surface area contributed by atoms with Crippen molar-refractivity contribution in [3.05, 3.63) is 52.5 Å². The first-order valence-electron chi connectivity index (χ1n) is 10.7. The molecule has 1 amide bonds. The Morgan fingerprint density at radius 1 is 1.12 bits per heavy atom. The van der Waals surface area contributed by atoms with Gasteiger partial charge in [0.1, 0.15) is 5.75 Å². The maximum atomic E-state index is 12.6. The molecule has 0 unspecified atom stereocenters. The van der Waals surface area contributed by atoms with E-state index in [0.717, 1.165) is 13.1 Å². The number of carbonyl (C=O) groups is 1. The molecule has 1 saturated heterocycles. The molecule has 8 nitrogen and oxygen atoms in total. The Bertz CT molecular complexity index is 1090. The zero-order valence-corrected chi connectivity index (χ0v) is 20.7. The smallest absolute Gasteiger partial charge is 0.260 e. The average Bonchev–Trinajstić information content (AvgIpc) is 2.80. The summed E-state index contributed by atoms with van der Waals surface area (Å²) >= 11 is 6.21. The summed E-state index contributed by atoms with van der Waals surface area (Å²) in [4.78, 5) is 16.7. The van der Waals surface area contributed by atoms with Crippen molar-refractivity contribution in [2.75, 3.05) is 57.9 Å². The highest BCUT2D eigenvalue weighted by Gasteiger charge is 2.23. The van der Waals surface area contributed by atoms with Gasteiger partial charge in [-0.15, -0.1) is 0 Å². The molecule has 33 heavy (non-hydrogen) atoms. The molecule has 1 N–H and O–H groups in total. The molecule has 0 spiro atoms. The standard InChI is InChI=1S/C23H30ClN3O5S/c1-17-5-4-6-21(18(17)2)26-10-12-27(13-11-26)23(28)16-32-22-8-7-19(15-20(22)24)33(29,30)25-9-14-31-3/h4-8,15,25H,9-14,16H2,1-3H3. The van der Waals surface area contributed by atoms with Crippen molar-refractivity contribution in [2.24, 2.45) is 0 Å². The van der Waals surface area contributed by atoms with Crippen LogP contribution < -0.4 is 14.4 Å². The zero-order valence-electron chi connectivity index (χ0n) is 19.1. The van der Waals surface area contributed by atoms with Crippen LogP contribution in [0.25, 0.3) is 0 Å². The van der Waals surface area contributed by atoms with Crippen LogP contribution in [-0.4, -0.2) is 72.3 Å². The van der Waals surface area contributed by atoms with Gasteiger partial charge in [0.15, 0.2) is 6.61 Å². The predicted molar refractivity (Wildman–Crippen MR) is 129 cm³/mol. The minimum absolute atomic E-state index is 0.0184. The van der Waals surface area contributed by atoms with Crippen LogP contribution >= 0.6 is 11.6 Å². The van der Waals surface area contributed by atoms with Crippen molar-refractivity contribution < 1.29 is 22.7 Å². The van der Waals surface area contributed by atoms with E-state index in [9.17, 15) is 13.2 Å². The Morgan fingerprint density at radius 3 is 2.52 bits per heavy atom. The third kappa shape index (κ3) is 6.38. The quantitative estimate of drug-likeness (QED) is 0.538. The monoisotopic (exact) mass is 495 g/mol. The van der Waals surface area contributed by atoms with Gasteiger partial charge in [-0.2, -0.15) is 0 Å². The van der Waals surface area contributed by atoms with Gasteiger partial charge < -0.3 is 19.3 Å². The lowest BCUT2D eigenvalue weighted by Gasteiger charge is -2.37. The van der Waals surface area contributed by atoms with Gasteiger partial charge in [0, 0.05) is 45.5 Å². The van der Waals surface area contributed by atoms with Crippen LogP contribution in [0.2, 0.25) is 5.02 Å². The van der Waals surface area contributed by atoms with Crippen molar-refractivity contribution in [1.82, 2.24) is 9.62 Å². The molecule has 0 aromatic heterocycles. The number of ether oxygens (including phenoxy) is 2. The maximum absolute atomic E-state index is 12.6. The summed E-state index contributed by atoms with van der Waals surface area (Å²) in [5, 5.41) is 0.122. The van der Waals surface area contributed by atoms with Crippen molar-refractivity contribution in [3.8, 4) is 5.75 Å². The molecule has 1 aliphatic heterocycles. The number of methoxy groups -OCH3 is 1. The van der Waals surface area contributed by atoms with Gasteiger partial charge >= 0.3 is 0 Å². The van der Waals surface area contributed by atoms with Crippen LogP contribution in [0, 0.1) is 13.8 Å². The molecular weight excluding hydrogens is 466 g/mol. The SMILES string of the molecule is COCCNS(=O)(=O)c1ccc(OCC(=O)N2CCN(c3cccc(C)c3C)CC2)c(Cl)c1. The van der Waals surface area contributed by atoms with Gasteiger partial charge in [0.2, 0.25) is 10.0 Å². The topological polar surface area (TPSA) is 88.2 Å². The highest BCUT2D eigenvalue weighted by Crippen LogP contribution is 2.28. The van der Waals surface area contributed by atoms with Gasteiger partial charge in [0.25, 0.3) is 5.91 Å². The predicted octanol–water partition coefficient (Wildman–Crippen LogP) is 2.61. The molecule has 2 aromatic carbocycles. The van der Waals surface area contributed by atoms with E-state index in [1.54, 1.807) is 4.90 Å². The summed E-state index contributed by atoms with van der Waals surface area (Å²) in [5.41, 5.74) is 3.72. The highest BCUT2D eigenvalue weighted by atomic mass is 35.5. The fraction of sp³-hybridized carbons (Fsp3) is 0.435. The van der Waals surface area contributed by atoms with E-state index in [0.29, 0.717) is 13.1 Å². The van der Waals surface area contributed by atoms with E-state index in [1.807, 2.05) is 0 Å². The lowest BCUT2D eigenvalue weighted by Crippen LogP contribution is -2.50. The number of sulfonamides is 1. The van der Waals surface area contributed by atoms with E-state index in [2.05, 4.69) is 41.7 Å². The zero-order chi connectivity index (χ0) is 24.0. The number of rotatable bonds is 9. The third-order valence-electron chi connectivity index (χ3n) is 5.71. The Kier molecular flexibility index (Phi) is 8.58. The first kappa shape index (κ1) is 25.3. The van der Waals surface area contributed by atoms with Crippen molar-refractivity contribution >= 4 is 33.2 Å². The molecule has 0 bridgehead atoms. The fourth-order valence-corrected chi connectivity index (χ4v) is 4.97. The first-order valence-corrected chi connectivity index (χ1v) is 12.6. The Hall–Kier alpha value is -2.33. The average molecular weight is 496 g/mol. The summed E-state index contributed by atoms with van der Waals surface area (Å²) in [7, 11) is -2.21. The summed E-state index contributed by atoms with van der Waals surface area (Å²) in [6, 6.07) is 10.4. The molecule has 1 fully saturated rings. The molecule has 0 radical (unpaired) electrons. The van der Waals surface area contributed by atoms with Gasteiger partial charge in [-0.25, -0.2) is 13.1 Å². The van der Waals surface area contributed by atoms with Crippen LogP contribution in [0.3, 0.4) is 0 Å². The minimum atomic E-state index is -3.70. The van der Waals surface area contributed by atoms with Crippen LogP contribution in [0.1, 0.15) is 11.1 Å². The molecule has 1 heterocycles. The first-order chi connectivity index (χ1) is 15.7. The number of anilines is 1. The molecule has 1 aliphatic rings.